The topological polar surface area (TPSA) is 65.0 Å². The summed E-state index contributed by atoms with van der Waals surface area (Å²) >= 11 is 0. The molecule has 0 amide bonds. The van der Waals surface area contributed by atoms with E-state index in [1.807, 2.05) is 31.2 Å². The molecule has 0 saturated heterocycles. The van der Waals surface area contributed by atoms with Crippen molar-refractivity contribution in [2.75, 3.05) is 20.3 Å². The summed E-state index contributed by atoms with van der Waals surface area (Å²) in [5.41, 5.74) is 1.85. The molecular weight excluding hydrogens is 308 g/mol. The number of rotatable bonds is 8. The highest BCUT2D eigenvalue weighted by Gasteiger charge is 2.05. The van der Waals surface area contributed by atoms with E-state index in [-0.39, 0.29) is 0 Å². The highest BCUT2D eigenvalue weighted by atomic mass is 16.5. The van der Waals surface area contributed by atoms with Crippen LogP contribution in [0, 0.1) is 6.92 Å². The van der Waals surface area contributed by atoms with E-state index < -0.39 is 5.97 Å². The van der Waals surface area contributed by atoms with Crippen LogP contribution >= 0.6 is 0 Å². The van der Waals surface area contributed by atoms with Crippen LogP contribution in [-0.4, -0.2) is 31.4 Å². The Labute approximate surface area is 141 Å². The minimum absolute atomic E-state index is 0.344. The second kappa shape index (κ2) is 8.62. The second-order valence-electron chi connectivity index (χ2n) is 5.10. The van der Waals surface area contributed by atoms with Crippen molar-refractivity contribution in [2.24, 2.45) is 0 Å². The fourth-order valence-corrected chi connectivity index (χ4v) is 2.09. The van der Waals surface area contributed by atoms with Crippen LogP contribution in [0.2, 0.25) is 0 Å². The summed E-state index contributed by atoms with van der Waals surface area (Å²) in [7, 11) is 1.55. The zero-order valence-corrected chi connectivity index (χ0v) is 13.7. The van der Waals surface area contributed by atoms with Crippen LogP contribution in [0.25, 0.3) is 6.08 Å². The maximum atomic E-state index is 10.6. The van der Waals surface area contributed by atoms with Gasteiger partial charge in [-0.25, -0.2) is 4.79 Å². The van der Waals surface area contributed by atoms with E-state index in [1.54, 1.807) is 25.3 Å². The molecular formula is C19H20O5. The molecule has 0 aliphatic heterocycles. The van der Waals surface area contributed by atoms with Crippen LogP contribution in [0.4, 0.5) is 0 Å². The maximum absolute atomic E-state index is 10.6. The molecule has 2 aromatic rings. The molecule has 5 heteroatoms. The molecule has 0 spiro atoms. The Morgan fingerprint density at radius 1 is 1.08 bits per heavy atom. The first kappa shape index (κ1) is 17.4. The van der Waals surface area contributed by atoms with Crippen molar-refractivity contribution >= 4 is 12.0 Å². The molecule has 0 heterocycles. The molecule has 0 aromatic heterocycles. The van der Waals surface area contributed by atoms with E-state index in [0.717, 1.165) is 17.4 Å². The minimum Gasteiger partial charge on any atom is -0.493 e. The first-order valence-electron chi connectivity index (χ1n) is 7.50. The van der Waals surface area contributed by atoms with Crippen molar-refractivity contribution in [3.05, 3.63) is 59.7 Å². The zero-order valence-electron chi connectivity index (χ0n) is 13.7. The predicted molar refractivity (Wildman–Crippen MR) is 91.8 cm³/mol. The summed E-state index contributed by atoms with van der Waals surface area (Å²) < 4.78 is 16.6. The van der Waals surface area contributed by atoms with E-state index >= 15 is 0 Å². The Bertz CT molecular complexity index is 721. The summed E-state index contributed by atoms with van der Waals surface area (Å²) in [6.07, 6.45) is 2.57. The van der Waals surface area contributed by atoms with Crippen LogP contribution in [0.3, 0.4) is 0 Å². The number of ether oxygens (including phenoxy) is 3. The van der Waals surface area contributed by atoms with E-state index in [9.17, 15) is 4.79 Å². The van der Waals surface area contributed by atoms with Gasteiger partial charge in [-0.1, -0.05) is 18.2 Å². The molecule has 0 bridgehead atoms. The van der Waals surface area contributed by atoms with Crippen molar-refractivity contribution in [1.29, 1.82) is 0 Å². The molecule has 0 unspecified atom stereocenters. The molecule has 0 fully saturated rings. The average Bonchev–Trinajstić information content (AvgIpc) is 2.57. The van der Waals surface area contributed by atoms with Crippen molar-refractivity contribution < 1.29 is 24.1 Å². The summed E-state index contributed by atoms with van der Waals surface area (Å²) in [4.78, 5) is 10.6. The van der Waals surface area contributed by atoms with Gasteiger partial charge in [-0.05, 0) is 48.4 Å². The van der Waals surface area contributed by atoms with Crippen LogP contribution in [0.5, 0.6) is 17.2 Å². The monoisotopic (exact) mass is 328 g/mol. The molecule has 0 radical (unpaired) electrons. The lowest BCUT2D eigenvalue weighted by Gasteiger charge is -2.12. The first-order valence-corrected chi connectivity index (χ1v) is 7.50. The fraction of sp³-hybridized carbons (Fsp3) is 0.211. The van der Waals surface area contributed by atoms with E-state index in [0.29, 0.717) is 30.3 Å². The molecule has 0 aliphatic carbocycles. The van der Waals surface area contributed by atoms with E-state index in [2.05, 4.69) is 0 Å². The SMILES string of the molecule is COc1ccc(C=CC(=O)O)cc1OCCOc1cccc(C)c1. The molecule has 2 rings (SSSR count). The van der Waals surface area contributed by atoms with E-state index in [1.165, 1.54) is 6.08 Å². The Balaban J connectivity index is 1.95. The van der Waals surface area contributed by atoms with Gasteiger partial charge in [0.15, 0.2) is 11.5 Å². The van der Waals surface area contributed by atoms with Crippen molar-refractivity contribution in [2.45, 2.75) is 6.92 Å². The number of benzene rings is 2. The molecule has 0 saturated carbocycles. The summed E-state index contributed by atoms with van der Waals surface area (Å²) in [6.45, 7) is 2.74. The lowest BCUT2D eigenvalue weighted by atomic mass is 10.2. The maximum Gasteiger partial charge on any atom is 0.328 e. The van der Waals surface area contributed by atoms with Crippen LogP contribution in [-0.2, 0) is 4.79 Å². The molecule has 126 valence electrons. The Kier molecular flexibility index (Phi) is 6.25. The third-order valence-electron chi connectivity index (χ3n) is 3.21. The number of carbonyl (C=O) groups is 1. The van der Waals surface area contributed by atoms with Crippen molar-refractivity contribution in [3.63, 3.8) is 0 Å². The standard InChI is InChI=1S/C19H20O5/c1-14-4-3-5-16(12-14)23-10-11-24-18-13-15(7-9-19(20)21)6-8-17(18)22-2/h3-9,12-13H,10-11H2,1-2H3,(H,20,21). The third-order valence-corrected chi connectivity index (χ3v) is 3.21. The normalized spacial score (nSPS) is 10.6. The summed E-state index contributed by atoms with van der Waals surface area (Å²) in [5.74, 6) is 0.916. The van der Waals surface area contributed by atoms with E-state index in [4.69, 9.17) is 19.3 Å². The predicted octanol–water partition coefficient (Wildman–Crippen LogP) is 3.56. The zero-order chi connectivity index (χ0) is 17.4. The van der Waals surface area contributed by atoms with Gasteiger partial charge in [0.2, 0.25) is 0 Å². The quantitative estimate of drug-likeness (QED) is 0.593. The van der Waals surface area contributed by atoms with Crippen LogP contribution in [0.1, 0.15) is 11.1 Å². The lowest BCUT2D eigenvalue weighted by molar-refractivity contribution is -0.131. The smallest absolute Gasteiger partial charge is 0.328 e. The van der Waals surface area contributed by atoms with Gasteiger partial charge in [0.1, 0.15) is 19.0 Å². The summed E-state index contributed by atoms with van der Waals surface area (Å²) in [6, 6.07) is 13.0. The highest BCUT2D eigenvalue weighted by molar-refractivity contribution is 5.85. The van der Waals surface area contributed by atoms with Gasteiger partial charge in [-0.3, -0.25) is 0 Å². The van der Waals surface area contributed by atoms with Gasteiger partial charge in [0, 0.05) is 6.08 Å². The first-order chi connectivity index (χ1) is 11.6. The number of carboxylic acid groups (broad SMARTS) is 1. The van der Waals surface area contributed by atoms with Gasteiger partial charge in [-0.2, -0.15) is 0 Å². The third kappa shape index (κ3) is 5.35. The minimum atomic E-state index is -1.00. The Hall–Kier alpha value is -2.95. The second-order valence-corrected chi connectivity index (χ2v) is 5.10. The van der Waals surface area contributed by atoms with Gasteiger partial charge in [0.05, 0.1) is 7.11 Å². The molecule has 1 N–H and O–H groups in total. The number of aryl methyl sites for hydroxylation is 1. The van der Waals surface area contributed by atoms with Crippen molar-refractivity contribution in [1.82, 2.24) is 0 Å². The number of aliphatic carboxylic acids is 1. The van der Waals surface area contributed by atoms with Crippen molar-refractivity contribution in [3.8, 4) is 17.2 Å². The summed E-state index contributed by atoms with van der Waals surface area (Å²) in [5, 5.41) is 8.69. The average molecular weight is 328 g/mol. The fourth-order valence-electron chi connectivity index (χ4n) is 2.09. The molecule has 2 aromatic carbocycles. The van der Waals surface area contributed by atoms with Gasteiger partial charge < -0.3 is 19.3 Å². The lowest BCUT2D eigenvalue weighted by Crippen LogP contribution is -2.09. The van der Waals surface area contributed by atoms with Gasteiger partial charge >= 0.3 is 5.97 Å². The van der Waals surface area contributed by atoms with Gasteiger partial charge in [0.25, 0.3) is 0 Å². The number of hydrogen-bond acceptors (Lipinski definition) is 4. The number of carboxylic acids is 1. The molecule has 0 atom stereocenters. The molecule has 5 nitrogen and oxygen atoms in total. The number of hydrogen-bond donors (Lipinski definition) is 1. The Morgan fingerprint density at radius 2 is 1.88 bits per heavy atom. The molecule has 0 aliphatic rings. The van der Waals surface area contributed by atoms with Gasteiger partial charge in [-0.15, -0.1) is 0 Å². The highest BCUT2D eigenvalue weighted by Crippen LogP contribution is 2.28. The Morgan fingerprint density at radius 3 is 2.58 bits per heavy atom. The largest absolute Gasteiger partial charge is 0.493 e. The molecule has 24 heavy (non-hydrogen) atoms. The van der Waals surface area contributed by atoms with Crippen LogP contribution in [0.15, 0.2) is 48.5 Å². The van der Waals surface area contributed by atoms with Crippen LogP contribution < -0.4 is 14.2 Å². The number of methoxy groups -OCH3 is 1.